The smallest absolute Gasteiger partial charge is 0.344 e. The van der Waals surface area contributed by atoms with Crippen molar-refractivity contribution in [3.63, 3.8) is 0 Å². The molecule has 0 atom stereocenters. The number of fused-ring (bicyclic) bond motifs is 2. The number of hydrogen-bond donors (Lipinski definition) is 2. The van der Waals surface area contributed by atoms with E-state index in [0.717, 1.165) is 0 Å². The van der Waals surface area contributed by atoms with Gasteiger partial charge in [-0.3, -0.25) is 14.4 Å². The number of benzene rings is 3. The Morgan fingerprint density at radius 2 is 1.61 bits per heavy atom. The fourth-order valence-corrected chi connectivity index (χ4v) is 4.23. The number of rotatable bonds is 4. The SMILES string of the molecule is CCOC(=O)c1c2c3c(cccc3[nH]c1=O)C(=O)c1c(NC(=O)c3ccccc3)cccc1-2. The minimum absolute atomic E-state index is 0.0936. The molecule has 0 saturated carbocycles. The number of aromatic nitrogens is 1. The molecule has 1 aliphatic rings. The average molecular weight is 438 g/mol. The number of pyridine rings is 1. The number of ether oxygens (including phenoxy) is 1. The predicted octanol–water partition coefficient (Wildman–Crippen LogP) is 4.17. The highest BCUT2D eigenvalue weighted by Gasteiger charge is 2.33. The summed E-state index contributed by atoms with van der Waals surface area (Å²) in [4.78, 5) is 54.7. The van der Waals surface area contributed by atoms with E-state index in [2.05, 4.69) is 10.3 Å². The lowest BCUT2D eigenvalue weighted by Gasteiger charge is -2.23. The van der Waals surface area contributed by atoms with Crippen molar-refractivity contribution in [3.05, 3.63) is 99.3 Å². The van der Waals surface area contributed by atoms with Gasteiger partial charge >= 0.3 is 5.97 Å². The summed E-state index contributed by atoms with van der Waals surface area (Å²) in [6, 6.07) is 18.6. The van der Waals surface area contributed by atoms with Crippen molar-refractivity contribution in [1.29, 1.82) is 0 Å². The summed E-state index contributed by atoms with van der Waals surface area (Å²) in [6.45, 7) is 1.75. The molecule has 2 N–H and O–H groups in total. The summed E-state index contributed by atoms with van der Waals surface area (Å²) in [5.41, 5.74) is 1.67. The molecule has 5 rings (SSSR count). The standard InChI is InChI=1S/C26H18N2O5/c1-2-33-26(32)22-21-15-10-6-13-18(27-24(30)14-8-4-3-5-9-14)20(15)23(29)16-11-7-12-17(19(16)21)28-25(22)31/h3-13H,2H2,1H3,(H,27,30)(H,28,31). The van der Waals surface area contributed by atoms with E-state index in [9.17, 15) is 19.2 Å². The molecule has 162 valence electrons. The number of H-pyrrole nitrogens is 1. The zero-order valence-corrected chi connectivity index (χ0v) is 17.6. The highest BCUT2D eigenvalue weighted by atomic mass is 16.5. The van der Waals surface area contributed by atoms with Crippen LogP contribution in [0.3, 0.4) is 0 Å². The molecule has 1 heterocycles. The van der Waals surface area contributed by atoms with E-state index in [4.69, 9.17) is 4.74 Å². The summed E-state index contributed by atoms with van der Waals surface area (Å²) in [7, 11) is 0. The fraction of sp³-hybridized carbons (Fsp3) is 0.0769. The molecule has 0 spiro atoms. The number of ketones is 1. The average Bonchev–Trinajstić information content (AvgIpc) is 2.82. The summed E-state index contributed by atoms with van der Waals surface area (Å²) in [5.74, 6) is -1.46. The summed E-state index contributed by atoms with van der Waals surface area (Å²) < 4.78 is 5.15. The van der Waals surface area contributed by atoms with E-state index >= 15 is 0 Å². The Hall–Kier alpha value is -4.52. The summed E-state index contributed by atoms with van der Waals surface area (Å²) in [5, 5.41) is 3.28. The molecule has 33 heavy (non-hydrogen) atoms. The van der Waals surface area contributed by atoms with E-state index < -0.39 is 11.5 Å². The van der Waals surface area contributed by atoms with Gasteiger partial charge in [-0.15, -0.1) is 0 Å². The molecule has 7 heteroatoms. The maximum absolute atomic E-state index is 13.6. The van der Waals surface area contributed by atoms with Crippen molar-refractivity contribution in [2.75, 3.05) is 11.9 Å². The summed E-state index contributed by atoms with van der Waals surface area (Å²) in [6.07, 6.45) is 0. The van der Waals surface area contributed by atoms with Crippen molar-refractivity contribution in [2.24, 2.45) is 0 Å². The van der Waals surface area contributed by atoms with Gasteiger partial charge in [-0.2, -0.15) is 0 Å². The number of amides is 1. The van der Waals surface area contributed by atoms with Gasteiger partial charge in [0.05, 0.1) is 17.9 Å². The van der Waals surface area contributed by atoms with E-state index in [-0.39, 0.29) is 29.4 Å². The third-order valence-corrected chi connectivity index (χ3v) is 5.61. The lowest BCUT2D eigenvalue weighted by atomic mass is 9.81. The maximum atomic E-state index is 13.6. The molecule has 0 unspecified atom stereocenters. The normalized spacial score (nSPS) is 11.7. The number of esters is 1. The van der Waals surface area contributed by atoms with Crippen molar-refractivity contribution >= 4 is 34.3 Å². The highest BCUT2D eigenvalue weighted by Crippen LogP contribution is 2.42. The quantitative estimate of drug-likeness (QED) is 0.410. The number of nitrogens with one attached hydrogen (secondary N) is 2. The number of hydrogen-bond acceptors (Lipinski definition) is 5. The first-order chi connectivity index (χ1) is 16.0. The number of aromatic amines is 1. The van der Waals surface area contributed by atoms with Crippen molar-refractivity contribution in [2.45, 2.75) is 6.92 Å². The first-order valence-electron chi connectivity index (χ1n) is 10.4. The monoisotopic (exact) mass is 438 g/mol. The molecular weight excluding hydrogens is 420 g/mol. The van der Waals surface area contributed by atoms with Crippen LogP contribution in [0, 0.1) is 0 Å². The number of carbonyl (C=O) groups excluding carboxylic acids is 3. The number of carbonyl (C=O) groups is 3. The zero-order valence-electron chi connectivity index (χ0n) is 17.6. The Kier molecular flexibility index (Phi) is 4.86. The topological polar surface area (TPSA) is 105 Å². The largest absolute Gasteiger partial charge is 0.462 e. The van der Waals surface area contributed by atoms with Crippen LogP contribution in [0.1, 0.15) is 43.6 Å². The van der Waals surface area contributed by atoms with Crippen LogP contribution in [-0.2, 0) is 4.74 Å². The van der Waals surface area contributed by atoms with E-state index in [1.807, 2.05) is 0 Å². The second-order valence-electron chi connectivity index (χ2n) is 7.53. The third-order valence-electron chi connectivity index (χ3n) is 5.61. The van der Waals surface area contributed by atoms with Crippen molar-refractivity contribution < 1.29 is 19.1 Å². The van der Waals surface area contributed by atoms with Gasteiger partial charge in [-0.05, 0) is 36.8 Å². The van der Waals surface area contributed by atoms with Crippen molar-refractivity contribution in [3.8, 4) is 11.1 Å². The predicted molar refractivity (Wildman–Crippen MR) is 124 cm³/mol. The second-order valence-corrected chi connectivity index (χ2v) is 7.53. The fourth-order valence-electron chi connectivity index (χ4n) is 4.23. The molecule has 7 nitrogen and oxygen atoms in total. The molecule has 0 fully saturated rings. The van der Waals surface area contributed by atoms with Gasteiger partial charge in [0.15, 0.2) is 5.78 Å². The highest BCUT2D eigenvalue weighted by molar-refractivity contribution is 6.29. The van der Waals surface area contributed by atoms with Gasteiger partial charge in [0.25, 0.3) is 11.5 Å². The first kappa shape index (κ1) is 20.4. The molecule has 1 amide bonds. The van der Waals surface area contributed by atoms with Crippen LogP contribution in [0.4, 0.5) is 5.69 Å². The van der Waals surface area contributed by atoms with Crippen LogP contribution in [0.25, 0.3) is 22.0 Å². The Morgan fingerprint density at radius 3 is 2.36 bits per heavy atom. The minimum Gasteiger partial charge on any atom is -0.462 e. The van der Waals surface area contributed by atoms with E-state index in [1.54, 1.807) is 73.7 Å². The zero-order chi connectivity index (χ0) is 23.1. The van der Waals surface area contributed by atoms with Gasteiger partial charge in [0.1, 0.15) is 5.56 Å². The van der Waals surface area contributed by atoms with Crippen molar-refractivity contribution in [1.82, 2.24) is 4.98 Å². The van der Waals surface area contributed by atoms with E-state index in [1.165, 1.54) is 0 Å². The molecule has 0 aliphatic heterocycles. The second kappa shape index (κ2) is 7.87. The molecule has 0 radical (unpaired) electrons. The van der Waals surface area contributed by atoms with Crippen LogP contribution >= 0.6 is 0 Å². The third kappa shape index (κ3) is 3.22. The minimum atomic E-state index is -0.774. The molecule has 0 saturated heterocycles. The Balaban J connectivity index is 1.78. The molecule has 1 aliphatic carbocycles. The van der Waals surface area contributed by atoms with Gasteiger partial charge in [0.2, 0.25) is 0 Å². The molecule has 0 bridgehead atoms. The molecule has 4 aromatic rings. The van der Waals surface area contributed by atoms with Crippen LogP contribution in [-0.4, -0.2) is 29.3 Å². The van der Waals surface area contributed by atoms with Gasteiger partial charge in [-0.1, -0.05) is 42.5 Å². The first-order valence-corrected chi connectivity index (χ1v) is 10.4. The lowest BCUT2D eigenvalue weighted by molar-refractivity contribution is 0.0525. The summed E-state index contributed by atoms with van der Waals surface area (Å²) >= 11 is 0. The maximum Gasteiger partial charge on any atom is 0.344 e. The Morgan fingerprint density at radius 1 is 0.879 bits per heavy atom. The molecular formula is C26H18N2O5. The number of anilines is 1. The van der Waals surface area contributed by atoms with Crippen LogP contribution in [0.5, 0.6) is 0 Å². The Labute approximate surface area is 188 Å². The van der Waals surface area contributed by atoms with Crippen LogP contribution in [0.2, 0.25) is 0 Å². The van der Waals surface area contributed by atoms with Gasteiger partial charge in [-0.25, -0.2) is 4.79 Å². The van der Waals surface area contributed by atoms with E-state index in [0.29, 0.717) is 38.8 Å². The van der Waals surface area contributed by atoms with Gasteiger partial charge in [0, 0.05) is 27.6 Å². The molecule has 3 aromatic carbocycles. The van der Waals surface area contributed by atoms with Crippen LogP contribution in [0.15, 0.2) is 71.5 Å². The van der Waals surface area contributed by atoms with Crippen LogP contribution < -0.4 is 10.9 Å². The lowest BCUT2D eigenvalue weighted by Crippen LogP contribution is -2.25. The Bertz CT molecular complexity index is 1520. The van der Waals surface area contributed by atoms with Gasteiger partial charge < -0.3 is 15.0 Å². The molecule has 1 aromatic heterocycles.